The number of anilines is 1. The van der Waals surface area contributed by atoms with Crippen molar-refractivity contribution in [2.75, 3.05) is 25.1 Å². The molecule has 0 saturated carbocycles. The van der Waals surface area contributed by atoms with Gasteiger partial charge in [-0.1, -0.05) is 18.2 Å². The quantitative estimate of drug-likeness (QED) is 0.330. The van der Waals surface area contributed by atoms with Gasteiger partial charge in [-0.3, -0.25) is 9.10 Å². The Morgan fingerprint density at radius 1 is 1.12 bits per heavy atom. The second-order valence-corrected chi connectivity index (χ2v) is 9.43. The number of amides is 1. The third-order valence-electron chi connectivity index (χ3n) is 4.53. The molecule has 0 fully saturated rings. The first-order chi connectivity index (χ1) is 15.8. The summed E-state index contributed by atoms with van der Waals surface area (Å²) in [5.74, 6) is 1.09. The van der Waals surface area contributed by atoms with Gasteiger partial charge >= 0.3 is 0 Å². The number of rotatable bonds is 9. The Kier molecular flexibility index (Phi) is 7.77. The molecule has 9 nitrogen and oxygen atoms in total. The standard InChI is InChI=1S/C22H22BrN3O6S/c1-15-19(23)11-17(32-15)13-24-25-22(27)14-26(16-7-5-4-6-8-16)33(28,29)18-9-10-20(30-2)21(12-18)31-3/h4-13H,14H2,1-3H3,(H,25,27)/b24-13-. The van der Waals surface area contributed by atoms with Crippen molar-refractivity contribution < 1.29 is 27.1 Å². The second kappa shape index (κ2) is 10.5. The molecule has 0 spiro atoms. The van der Waals surface area contributed by atoms with Gasteiger partial charge in [0.1, 0.15) is 18.1 Å². The van der Waals surface area contributed by atoms with Crippen molar-refractivity contribution in [3.8, 4) is 11.5 Å². The smallest absolute Gasteiger partial charge is 0.264 e. The number of furan rings is 1. The fourth-order valence-electron chi connectivity index (χ4n) is 2.89. The number of para-hydroxylation sites is 1. The third kappa shape index (κ3) is 5.74. The molecule has 174 valence electrons. The van der Waals surface area contributed by atoms with Gasteiger partial charge in [-0.05, 0) is 47.1 Å². The first kappa shape index (κ1) is 24.3. The SMILES string of the molecule is COc1ccc(S(=O)(=O)N(CC(=O)N/N=C\c2cc(Br)c(C)o2)c2ccccc2)cc1OC. The van der Waals surface area contributed by atoms with Gasteiger partial charge in [-0.25, -0.2) is 13.8 Å². The Bertz CT molecular complexity index is 1240. The lowest BCUT2D eigenvalue weighted by Gasteiger charge is -2.24. The molecule has 0 bridgehead atoms. The molecule has 1 N–H and O–H groups in total. The average Bonchev–Trinajstić information content (AvgIpc) is 3.14. The van der Waals surface area contributed by atoms with Crippen molar-refractivity contribution in [3.63, 3.8) is 0 Å². The number of hydrazone groups is 1. The summed E-state index contributed by atoms with van der Waals surface area (Å²) in [6.07, 6.45) is 1.32. The van der Waals surface area contributed by atoms with Crippen LogP contribution < -0.4 is 19.2 Å². The van der Waals surface area contributed by atoms with Gasteiger partial charge in [0, 0.05) is 12.1 Å². The van der Waals surface area contributed by atoms with E-state index >= 15 is 0 Å². The number of nitrogens with one attached hydrogen (secondary N) is 1. The number of hydrogen-bond acceptors (Lipinski definition) is 7. The molecule has 33 heavy (non-hydrogen) atoms. The van der Waals surface area contributed by atoms with Gasteiger partial charge in [-0.2, -0.15) is 5.10 Å². The van der Waals surface area contributed by atoms with Gasteiger partial charge in [0.25, 0.3) is 15.9 Å². The number of ether oxygens (including phenoxy) is 2. The molecule has 0 aliphatic heterocycles. The zero-order valence-electron chi connectivity index (χ0n) is 18.1. The molecule has 3 aromatic rings. The van der Waals surface area contributed by atoms with E-state index in [1.807, 2.05) is 0 Å². The van der Waals surface area contributed by atoms with Crippen molar-refractivity contribution in [1.82, 2.24) is 5.43 Å². The van der Waals surface area contributed by atoms with Gasteiger partial charge in [0.05, 0.1) is 35.5 Å². The van der Waals surface area contributed by atoms with Crippen molar-refractivity contribution in [2.24, 2.45) is 5.10 Å². The Labute approximate surface area is 200 Å². The van der Waals surface area contributed by atoms with Gasteiger partial charge in [0.15, 0.2) is 11.5 Å². The highest BCUT2D eigenvalue weighted by Crippen LogP contribution is 2.32. The van der Waals surface area contributed by atoms with E-state index in [4.69, 9.17) is 13.9 Å². The summed E-state index contributed by atoms with van der Waals surface area (Å²) in [5.41, 5.74) is 2.65. The average molecular weight is 536 g/mol. The Morgan fingerprint density at radius 3 is 2.42 bits per heavy atom. The minimum atomic E-state index is -4.13. The maximum atomic E-state index is 13.5. The van der Waals surface area contributed by atoms with Crippen molar-refractivity contribution in [3.05, 3.63) is 70.6 Å². The number of halogens is 1. The molecule has 0 aliphatic carbocycles. The van der Waals surface area contributed by atoms with Crippen LogP contribution in [-0.4, -0.2) is 41.3 Å². The van der Waals surface area contributed by atoms with E-state index < -0.39 is 22.5 Å². The lowest BCUT2D eigenvalue weighted by Crippen LogP contribution is -2.39. The van der Waals surface area contributed by atoms with E-state index in [-0.39, 0.29) is 10.6 Å². The van der Waals surface area contributed by atoms with Crippen LogP contribution in [0.15, 0.2) is 73.5 Å². The number of hydrogen-bond donors (Lipinski definition) is 1. The van der Waals surface area contributed by atoms with E-state index in [1.165, 1.54) is 38.6 Å². The summed E-state index contributed by atoms with van der Waals surface area (Å²) in [6.45, 7) is 1.27. The van der Waals surface area contributed by atoms with Crippen LogP contribution >= 0.6 is 15.9 Å². The molecule has 1 heterocycles. The summed E-state index contributed by atoms with van der Waals surface area (Å²) in [6, 6.07) is 14.2. The second-order valence-electron chi connectivity index (χ2n) is 6.71. The molecule has 1 amide bonds. The number of benzene rings is 2. The van der Waals surface area contributed by atoms with Crippen LogP contribution in [-0.2, 0) is 14.8 Å². The molecule has 3 rings (SSSR count). The molecule has 11 heteroatoms. The van der Waals surface area contributed by atoms with Gasteiger partial charge in [-0.15, -0.1) is 0 Å². The predicted octanol–water partition coefficient (Wildman–Crippen LogP) is 3.71. The molecular weight excluding hydrogens is 514 g/mol. The fraction of sp³-hybridized carbons (Fsp3) is 0.182. The number of carbonyl (C=O) groups is 1. The monoisotopic (exact) mass is 535 g/mol. The number of sulfonamides is 1. The summed E-state index contributed by atoms with van der Waals surface area (Å²) in [7, 11) is -1.26. The fourth-order valence-corrected chi connectivity index (χ4v) is 4.64. The van der Waals surface area contributed by atoms with Crippen LogP contribution in [0.4, 0.5) is 5.69 Å². The first-order valence-electron chi connectivity index (χ1n) is 9.64. The lowest BCUT2D eigenvalue weighted by molar-refractivity contribution is -0.119. The van der Waals surface area contributed by atoms with Crippen molar-refractivity contribution in [1.29, 1.82) is 0 Å². The molecule has 0 radical (unpaired) electrons. The Morgan fingerprint density at radius 2 is 1.82 bits per heavy atom. The van der Waals surface area contributed by atoms with Gasteiger partial charge < -0.3 is 13.9 Å². The minimum absolute atomic E-state index is 0.0591. The molecular formula is C22H22BrN3O6S. The summed E-state index contributed by atoms with van der Waals surface area (Å²) in [4.78, 5) is 12.5. The predicted molar refractivity (Wildman–Crippen MR) is 127 cm³/mol. The zero-order valence-corrected chi connectivity index (χ0v) is 20.5. The van der Waals surface area contributed by atoms with Crippen molar-refractivity contribution in [2.45, 2.75) is 11.8 Å². The summed E-state index contributed by atoms with van der Waals surface area (Å²) in [5, 5.41) is 3.85. The van der Waals surface area contributed by atoms with E-state index in [9.17, 15) is 13.2 Å². The maximum Gasteiger partial charge on any atom is 0.264 e. The molecule has 1 aromatic heterocycles. The molecule has 0 saturated heterocycles. The molecule has 2 aromatic carbocycles. The van der Waals surface area contributed by atoms with Crippen LogP contribution in [0.3, 0.4) is 0 Å². The van der Waals surface area contributed by atoms with E-state index in [0.717, 1.165) is 8.78 Å². The highest BCUT2D eigenvalue weighted by Gasteiger charge is 2.28. The van der Waals surface area contributed by atoms with Crippen molar-refractivity contribution >= 4 is 43.8 Å². The third-order valence-corrected chi connectivity index (χ3v) is 7.09. The summed E-state index contributed by atoms with van der Waals surface area (Å²) < 4.78 is 44.5. The van der Waals surface area contributed by atoms with Gasteiger partial charge in [0.2, 0.25) is 0 Å². The number of nitrogens with zero attached hydrogens (tertiary/aromatic N) is 2. The Hall–Kier alpha value is -3.31. The Balaban J connectivity index is 1.86. The maximum absolute atomic E-state index is 13.5. The molecule has 0 unspecified atom stereocenters. The van der Waals surface area contributed by atoms with Crippen LogP contribution in [0.1, 0.15) is 11.5 Å². The highest BCUT2D eigenvalue weighted by molar-refractivity contribution is 9.10. The molecule has 0 aliphatic rings. The zero-order chi connectivity index (χ0) is 24.0. The minimum Gasteiger partial charge on any atom is -0.493 e. The van der Waals surface area contributed by atoms with Crippen LogP contribution in [0.2, 0.25) is 0 Å². The number of methoxy groups -OCH3 is 2. The van der Waals surface area contributed by atoms with Crippen LogP contribution in [0.25, 0.3) is 0 Å². The largest absolute Gasteiger partial charge is 0.493 e. The van der Waals surface area contributed by atoms with E-state index in [1.54, 1.807) is 43.3 Å². The van der Waals surface area contributed by atoms with E-state index in [2.05, 4.69) is 26.5 Å². The summed E-state index contributed by atoms with van der Waals surface area (Å²) >= 11 is 3.33. The topological polar surface area (TPSA) is 110 Å². The first-order valence-corrected chi connectivity index (χ1v) is 11.9. The van der Waals surface area contributed by atoms with Crippen LogP contribution in [0, 0.1) is 6.92 Å². The lowest BCUT2D eigenvalue weighted by atomic mass is 10.3. The number of carbonyl (C=O) groups excluding carboxylic acids is 1. The normalized spacial score (nSPS) is 11.4. The van der Waals surface area contributed by atoms with E-state index in [0.29, 0.717) is 23.0 Å². The molecule has 0 atom stereocenters. The number of aryl methyl sites for hydroxylation is 1. The highest BCUT2D eigenvalue weighted by atomic mass is 79.9. The van der Waals surface area contributed by atoms with Crippen LogP contribution in [0.5, 0.6) is 11.5 Å².